The lowest BCUT2D eigenvalue weighted by Gasteiger charge is -2.26. The lowest BCUT2D eigenvalue weighted by molar-refractivity contribution is -0.384. The highest BCUT2D eigenvalue weighted by Gasteiger charge is 2.13. The van der Waals surface area contributed by atoms with E-state index in [4.69, 9.17) is 9.47 Å². The number of morpholine rings is 1. The average molecular weight is 336 g/mol. The highest BCUT2D eigenvalue weighted by Crippen LogP contribution is 2.17. The molecule has 3 rings (SSSR count). The molecule has 2 aromatic rings. The molecule has 1 saturated heterocycles. The SMILES string of the molecule is O=c1[nH]n(CCOCCN2CCOCC2)c2ccc([N+](=O)[O-])cc12. The van der Waals surface area contributed by atoms with Gasteiger partial charge in [-0.2, -0.15) is 0 Å². The van der Waals surface area contributed by atoms with Crippen LogP contribution < -0.4 is 5.56 Å². The Balaban J connectivity index is 1.53. The van der Waals surface area contributed by atoms with Crippen LogP contribution in [0.15, 0.2) is 23.0 Å². The molecule has 9 nitrogen and oxygen atoms in total. The Bertz CT molecular complexity index is 763. The second kappa shape index (κ2) is 7.56. The molecule has 0 unspecified atom stereocenters. The maximum Gasteiger partial charge on any atom is 0.272 e. The van der Waals surface area contributed by atoms with Gasteiger partial charge in [-0.25, -0.2) is 0 Å². The van der Waals surface area contributed by atoms with Gasteiger partial charge in [0.25, 0.3) is 11.2 Å². The van der Waals surface area contributed by atoms with Crippen molar-refractivity contribution in [3.8, 4) is 0 Å². The van der Waals surface area contributed by atoms with Gasteiger partial charge < -0.3 is 9.47 Å². The molecule has 1 aliphatic rings. The van der Waals surface area contributed by atoms with Gasteiger partial charge in [-0.05, 0) is 6.07 Å². The Morgan fingerprint density at radius 1 is 1.25 bits per heavy atom. The van der Waals surface area contributed by atoms with Crippen LogP contribution in [0, 0.1) is 10.1 Å². The smallest absolute Gasteiger partial charge is 0.272 e. The maximum absolute atomic E-state index is 11.9. The summed E-state index contributed by atoms with van der Waals surface area (Å²) in [5, 5.41) is 13.8. The van der Waals surface area contributed by atoms with Gasteiger partial charge in [0.15, 0.2) is 0 Å². The lowest BCUT2D eigenvalue weighted by atomic mass is 10.2. The van der Waals surface area contributed by atoms with Crippen LogP contribution in [0.5, 0.6) is 0 Å². The molecule has 1 aromatic heterocycles. The molecule has 0 saturated carbocycles. The van der Waals surface area contributed by atoms with Gasteiger partial charge in [0.1, 0.15) is 0 Å². The number of hydrogen-bond donors (Lipinski definition) is 1. The molecule has 2 heterocycles. The van der Waals surface area contributed by atoms with Crippen LogP contribution in [0.4, 0.5) is 5.69 Å². The lowest BCUT2D eigenvalue weighted by Crippen LogP contribution is -2.38. The van der Waals surface area contributed by atoms with E-state index >= 15 is 0 Å². The number of hydrogen-bond acceptors (Lipinski definition) is 6. The largest absolute Gasteiger partial charge is 0.379 e. The molecule has 0 amide bonds. The third kappa shape index (κ3) is 3.81. The van der Waals surface area contributed by atoms with Crippen molar-refractivity contribution >= 4 is 16.6 Å². The van der Waals surface area contributed by atoms with Gasteiger partial charge in [0.05, 0.1) is 48.8 Å². The van der Waals surface area contributed by atoms with Crippen LogP contribution in [0.25, 0.3) is 10.9 Å². The topological polar surface area (TPSA) is 103 Å². The predicted molar refractivity (Wildman–Crippen MR) is 87.3 cm³/mol. The quantitative estimate of drug-likeness (QED) is 0.451. The van der Waals surface area contributed by atoms with Crippen LogP contribution in [0.1, 0.15) is 0 Å². The molecule has 1 aromatic carbocycles. The number of aromatic amines is 1. The number of fused-ring (bicyclic) bond motifs is 1. The van der Waals surface area contributed by atoms with Gasteiger partial charge in [-0.1, -0.05) is 0 Å². The molecule has 0 atom stereocenters. The summed E-state index contributed by atoms with van der Waals surface area (Å²) in [6, 6.07) is 4.27. The number of benzene rings is 1. The Labute approximate surface area is 137 Å². The summed E-state index contributed by atoms with van der Waals surface area (Å²) in [5.41, 5.74) is 0.219. The second-order valence-corrected chi connectivity index (χ2v) is 5.62. The van der Waals surface area contributed by atoms with Crippen LogP contribution in [0.2, 0.25) is 0 Å². The molecule has 1 aliphatic heterocycles. The minimum atomic E-state index is -0.509. The Hall–Kier alpha value is -2.23. The van der Waals surface area contributed by atoms with Crippen molar-refractivity contribution in [2.75, 3.05) is 46.1 Å². The third-order valence-electron chi connectivity index (χ3n) is 4.08. The van der Waals surface area contributed by atoms with Crippen LogP contribution in [-0.2, 0) is 16.0 Å². The van der Waals surface area contributed by atoms with E-state index in [1.165, 1.54) is 12.1 Å². The first-order chi connectivity index (χ1) is 11.6. The number of nitrogens with zero attached hydrogens (tertiary/aromatic N) is 3. The van der Waals surface area contributed by atoms with Crippen molar-refractivity contribution in [2.45, 2.75) is 6.54 Å². The first-order valence-corrected chi connectivity index (χ1v) is 7.90. The minimum absolute atomic E-state index is 0.0903. The summed E-state index contributed by atoms with van der Waals surface area (Å²) in [6.07, 6.45) is 0. The fraction of sp³-hybridized carbons (Fsp3) is 0.533. The van der Waals surface area contributed by atoms with E-state index in [1.807, 2.05) is 0 Å². The van der Waals surface area contributed by atoms with E-state index < -0.39 is 4.92 Å². The van der Waals surface area contributed by atoms with Crippen molar-refractivity contribution in [3.63, 3.8) is 0 Å². The summed E-state index contributed by atoms with van der Waals surface area (Å²) in [7, 11) is 0. The van der Waals surface area contributed by atoms with Crippen molar-refractivity contribution in [1.29, 1.82) is 0 Å². The summed E-state index contributed by atoms with van der Waals surface area (Å²) in [6.45, 7) is 5.81. The molecule has 0 aliphatic carbocycles. The molecular formula is C15H20N4O5. The zero-order valence-electron chi connectivity index (χ0n) is 13.3. The van der Waals surface area contributed by atoms with Gasteiger partial charge >= 0.3 is 0 Å². The maximum atomic E-state index is 11.9. The monoisotopic (exact) mass is 336 g/mol. The van der Waals surface area contributed by atoms with E-state index in [2.05, 4.69) is 10.00 Å². The predicted octanol–water partition coefficient (Wildman–Crippen LogP) is 0.587. The fourth-order valence-corrected chi connectivity index (χ4v) is 2.75. The van der Waals surface area contributed by atoms with Gasteiger partial charge in [-0.15, -0.1) is 0 Å². The summed E-state index contributed by atoms with van der Waals surface area (Å²) < 4.78 is 12.6. The van der Waals surface area contributed by atoms with Crippen LogP contribution in [-0.4, -0.2) is 65.7 Å². The highest BCUT2D eigenvalue weighted by molar-refractivity contribution is 5.80. The molecule has 24 heavy (non-hydrogen) atoms. The van der Waals surface area contributed by atoms with E-state index in [0.717, 1.165) is 32.8 Å². The summed E-state index contributed by atoms with van der Waals surface area (Å²) in [4.78, 5) is 24.5. The van der Waals surface area contributed by atoms with Gasteiger partial charge in [0.2, 0.25) is 0 Å². The molecule has 0 spiro atoms. The summed E-state index contributed by atoms with van der Waals surface area (Å²) >= 11 is 0. The van der Waals surface area contributed by atoms with Crippen molar-refractivity contribution < 1.29 is 14.4 Å². The molecule has 1 N–H and O–H groups in total. The van der Waals surface area contributed by atoms with Gasteiger partial charge in [-0.3, -0.25) is 29.6 Å². The molecule has 1 fully saturated rings. The number of nitro groups is 1. The van der Waals surface area contributed by atoms with E-state index in [0.29, 0.717) is 30.7 Å². The van der Waals surface area contributed by atoms with E-state index in [1.54, 1.807) is 10.7 Å². The number of H-pyrrole nitrogens is 1. The number of nitrogens with one attached hydrogen (secondary N) is 1. The zero-order valence-corrected chi connectivity index (χ0v) is 13.3. The van der Waals surface area contributed by atoms with Crippen molar-refractivity contribution in [1.82, 2.24) is 14.7 Å². The van der Waals surface area contributed by atoms with Crippen LogP contribution >= 0.6 is 0 Å². The number of aromatic nitrogens is 2. The molecule has 0 bridgehead atoms. The molecule has 0 radical (unpaired) electrons. The Kier molecular flexibility index (Phi) is 5.24. The minimum Gasteiger partial charge on any atom is -0.379 e. The number of ether oxygens (including phenoxy) is 2. The standard InChI is InChI=1S/C15H20N4O5/c20-15-13-11-12(19(21)22)1-2-14(13)18(16-15)6-10-24-9-5-17-3-7-23-8-4-17/h1-2,11H,3-10H2,(H,16,20). The van der Waals surface area contributed by atoms with E-state index in [-0.39, 0.29) is 11.2 Å². The fourth-order valence-electron chi connectivity index (χ4n) is 2.75. The zero-order chi connectivity index (χ0) is 16.9. The molecule has 130 valence electrons. The summed E-state index contributed by atoms with van der Waals surface area (Å²) in [5.74, 6) is 0. The molecule has 9 heteroatoms. The third-order valence-corrected chi connectivity index (χ3v) is 4.08. The number of nitro benzene ring substituents is 1. The highest BCUT2D eigenvalue weighted by atomic mass is 16.6. The average Bonchev–Trinajstić information content (AvgIpc) is 2.91. The van der Waals surface area contributed by atoms with Gasteiger partial charge in [0, 0.05) is 31.8 Å². The first-order valence-electron chi connectivity index (χ1n) is 7.90. The Morgan fingerprint density at radius 2 is 2.00 bits per heavy atom. The van der Waals surface area contributed by atoms with Crippen LogP contribution in [0.3, 0.4) is 0 Å². The van der Waals surface area contributed by atoms with E-state index in [9.17, 15) is 14.9 Å². The number of rotatable bonds is 7. The molecular weight excluding hydrogens is 316 g/mol. The first kappa shape index (κ1) is 16.6. The van der Waals surface area contributed by atoms with Crippen molar-refractivity contribution in [3.05, 3.63) is 38.7 Å². The second-order valence-electron chi connectivity index (χ2n) is 5.62. The number of non-ortho nitro benzene ring substituents is 1. The van der Waals surface area contributed by atoms with Crippen molar-refractivity contribution in [2.24, 2.45) is 0 Å². The normalized spacial score (nSPS) is 15.8. The Morgan fingerprint density at radius 3 is 2.75 bits per heavy atom.